The molecule has 1 aromatic rings. The zero-order valence-corrected chi connectivity index (χ0v) is 12.3. The van der Waals surface area contributed by atoms with Crippen molar-refractivity contribution in [2.75, 3.05) is 19.6 Å². The SMILES string of the molecule is Cc1cc[n+](CCCN2CCCCC2)cc1.[Br-]. The molecule has 2 rings (SSSR count). The molecule has 0 saturated carbocycles. The van der Waals surface area contributed by atoms with E-state index >= 15 is 0 Å². The summed E-state index contributed by atoms with van der Waals surface area (Å²) < 4.78 is 2.29. The minimum absolute atomic E-state index is 0. The number of nitrogens with zero attached hydrogens (tertiary/aromatic N) is 2. The Labute approximate surface area is 115 Å². The molecule has 0 spiro atoms. The van der Waals surface area contributed by atoms with Gasteiger partial charge in [-0.1, -0.05) is 6.42 Å². The maximum atomic E-state index is 2.61. The molecule has 0 aromatic carbocycles. The van der Waals surface area contributed by atoms with Crippen molar-refractivity contribution < 1.29 is 21.5 Å². The Morgan fingerprint density at radius 1 is 1.12 bits per heavy atom. The molecular formula is C14H23BrN2. The molecule has 0 atom stereocenters. The average Bonchev–Trinajstić information content (AvgIpc) is 2.33. The molecular weight excluding hydrogens is 276 g/mol. The number of aromatic nitrogens is 1. The third kappa shape index (κ3) is 5.17. The average molecular weight is 299 g/mol. The fourth-order valence-corrected chi connectivity index (χ4v) is 2.34. The molecule has 0 bridgehead atoms. The Kier molecular flexibility index (Phi) is 6.75. The highest BCUT2D eigenvalue weighted by Crippen LogP contribution is 2.08. The van der Waals surface area contributed by atoms with Gasteiger partial charge in [0.15, 0.2) is 12.4 Å². The van der Waals surface area contributed by atoms with Crippen LogP contribution in [0.25, 0.3) is 0 Å². The Balaban J connectivity index is 0.00000144. The lowest BCUT2D eigenvalue weighted by atomic mass is 10.1. The maximum Gasteiger partial charge on any atom is 0.169 e. The number of pyridine rings is 1. The summed E-state index contributed by atoms with van der Waals surface area (Å²) in [6.07, 6.45) is 9.88. The van der Waals surface area contributed by atoms with E-state index < -0.39 is 0 Å². The van der Waals surface area contributed by atoms with E-state index in [2.05, 4.69) is 40.9 Å². The van der Waals surface area contributed by atoms with E-state index in [9.17, 15) is 0 Å². The number of aryl methyl sites for hydroxylation is 2. The normalized spacial score (nSPS) is 16.5. The second-order valence-electron chi connectivity index (χ2n) is 4.87. The number of halogens is 1. The Morgan fingerprint density at radius 2 is 1.76 bits per heavy atom. The minimum atomic E-state index is 0. The summed E-state index contributed by atoms with van der Waals surface area (Å²) in [5, 5.41) is 0. The second kappa shape index (κ2) is 7.83. The van der Waals surface area contributed by atoms with Gasteiger partial charge in [-0.15, -0.1) is 0 Å². The van der Waals surface area contributed by atoms with Crippen molar-refractivity contribution in [3.63, 3.8) is 0 Å². The third-order valence-electron chi connectivity index (χ3n) is 3.40. The monoisotopic (exact) mass is 298 g/mol. The zero-order valence-electron chi connectivity index (χ0n) is 10.7. The van der Waals surface area contributed by atoms with Crippen molar-refractivity contribution in [2.45, 2.75) is 39.2 Å². The van der Waals surface area contributed by atoms with Gasteiger partial charge in [0.05, 0.1) is 0 Å². The molecule has 0 N–H and O–H groups in total. The van der Waals surface area contributed by atoms with Crippen LogP contribution in [0.3, 0.4) is 0 Å². The van der Waals surface area contributed by atoms with E-state index in [4.69, 9.17) is 0 Å². The van der Waals surface area contributed by atoms with Gasteiger partial charge in [0.25, 0.3) is 0 Å². The summed E-state index contributed by atoms with van der Waals surface area (Å²) in [5.41, 5.74) is 1.34. The number of hydrogen-bond donors (Lipinski definition) is 0. The van der Waals surface area contributed by atoms with Gasteiger partial charge in [-0.3, -0.25) is 0 Å². The molecule has 0 amide bonds. The van der Waals surface area contributed by atoms with Crippen LogP contribution in [0.5, 0.6) is 0 Å². The van der Waals surface area contributed by atoms with E-state index in [0.717, 1.165) is 6.54 Å². The summed E-state index contributed by atoms with van der Waals surface area (Å²) in [7, 11) is 0. The standard InChI is InChI=1S/C14H23N2.BrH/c1-14-6-12-16(13-7-14)11-5-10-15-8-3-2-4-9-15;/h6-7,12-13H,2-5,8-11H2,1H3;1H/q+1;/p-1. The lowest BCUT2D eigenvalue weighted by Crippen LogP contribution is -3.00. The smallest absolute Gasteiger partial charge is 0.169 e. The van der Waals surface area contributed by atoms with E-state index in [1.807, 2.05) is 0 Å². The van der Waals surface area contributed by atoms with Crippen molar-refractivity contribution >= 4 is 0 Å². The van der Waals surface area contributed by atoms with Crippen LogP contribution in [0, 0.1) is 6.92 Å². The molecule has 1 saturated heterocycles. The van der Waals surface area contributed by atoms with Crippen molar-refractivity contribution in [2.24, 2.45) is 0 Å². The van der Waals surface area contributed by atoms with Crippen LogP contribution < -0.4 is 21.5 Å². The van der Waals surface area contributed by atoms with Gasteiger partial charge in [-0.2, -0.15) is 0 Å². The zero-order chi connectivity index (χ0) is 11.2. The lowest BCUT2D eigenvalue weighted by molar-refractivity contribution is -0.697. The molecule has 0 unspecified atom stereocenters. The van der Waals surface area contributed by atoms with Crippen molar-refractivity contribution in [1.29, 1.82) is 0 Å². The van der Waals surface area contributed by atoms with E-state index in [1.165, 1.54) is 50.9 Å². The predicted octanol–water partition coefficient (Wildman–Crippen LogP) is -0.837. The van der Waals surface area contributed by atoms with Crippen LogP contribution in [0.1, 0.15) is 31.2 Å². The lowest BCUT2D eigenvalue weighted by Gasteiger charge is -2.25. The molecule has 17 heavy (non-hydrogen) atoms. The fraction of sp³-hybridized carbons (Fsp3) is 0.643. The van der Waals surface area contributed by atoms with E-state index in [0.29, 0.717) is 0 Å². The van der Waals surface area contributed by atoms with Gasteiger partial charge in [0.2, 0.25) is 0 Å². The first-order valence-electron chi connectivity index (χ1n) is 6.53. The quantitative estimate of drug-likeness (QED) is 0.658. The van der Waals surface area contributed by atoms with Gasteiger partial charge in [0.1, 0.15) is 6.54 Å². The molecule has 0 aliphatic carbocycles. The Hall–Kier alpha value is -0.410. The van der Waals surface area contributed by atoms with Crippen LogP contribution in [0.4, 0.5) is 0 Å². The summed E-state index contributed by atoms with van der Waals surface area (Å²) in [6, 6.07) is 4.36. The maximum absolute atomic E-state index is 2.61. The van der Waals surface area contributed by atoms with Crippen molar-refractivity contribution in [3.05, 3.63) is 30.1 Å². The van der Waals surface area contributed by atoms with Crippen molar-refractivity contribution in [1.82, 2.24) is 4.90 Å². The summed E-state index contributed by atoms with van der Waals surface area (Å²) in [5.74, 6) is 0. The molecule has 0 radical (unpaired) electrons. The van der Waals surface area contributed by atoms with Gasteiger partial charge in [-0.25, -0.2) is 4.57 Å². The molecule has 96 valence electrons. The number of hydrogen-bond acceptors (Lipinski definition) is 1. The molecule has 1 aliphatic heterocycles. The molecule has 1 aliphatic rings. The molecule has 2 heterocycles. The third-order valence-corrected chi connectivity index (χ3v) is 3.40. The van der Waals surface area contributed by atoms with E-state index in [1.54, 1.807) is 0 Å². The summed E-state index contributed by atoms with van der Waals surface area (Å²) in [6.45, 7) is 7.19. The first-order valence-corrected chi connectivity index (χ1v) is 6.53. The molecule has 1 fully saturated rings. The molecule has 2 nitrogen and oxygen atoms in total. The van der Waals surface area contributed by atoms with Crippen LogP contribution in [-0.4, -0.2) is 24.5 Å². The van der Waals surface area contributed by atoms with E-state index in [-0.39, 0.29) is 17.0 Å². The number of likely N-dealkylation sites (tertiary alicyclic amines) is 1. The summed E-state index contributed by atoms with van der Waals surface area (Å²) in [4.78, 5) is 2.61. The highest BCUT2D eigenvalue weighted by Gasteiger charge is 2.10. The largest absolute Gasteiger partial charge is 1.00 e. The van der Waals surface area contributed by atoms with Gasteiger partial charge < -0.3 is 21.9 Å². The number of rotatable bonds is 4. The first-order chi connectivity index (χ1) is 7.84. The highest BCUT2D eigenvalue weighted by atomic mass is 79.9. The Bertz CT molecular complexity index is 305. The predicted molar refractivity (Wildman–Crippen MR) is 66.3 cm³/mol. The van der Waals surface area contributed by atoms with Crippen LogP contribution in [0.2, 0.25) is 0 Å². The van der Waals surface area contributed by atoms with Gasteiger partial charge in [0, 0.05) is 25.1 Å². The summed E-state index contributed by atoms with van der Waals surface area (Å²) >= 11 is 0. The Morgan fingerprint density at radius 3 is 2.41 bits per heavy atom. The van der Waals surface area contributed by atoms with Crippen LogP contribution >= 0.6 is 0 Å². The minimum Gasteiger partial charge on any atom is -1.00 e. The second-order valence-corrected chi connectivity index (χ2v) is 4.87. The van der Waals surface area contributed by atoms with Crippen LogP contribution in [0.15, 0.2) is 24.5 Å². The first kappa shape index (κ1) is 14.7. The van der Waals surface area contributed by atoms with Gasteiger partial charge in [-0.05, 0) is 38.4 Å². The topological polar surface area (TPSA) is 7.12 Å². The number of piperidine rings is 1. The van der Waals surface area contributed by atoms with Crippen molar-refractivity contribution in [3.8, 4) is 0 Å². The van der Waals surface area contributed by atoms with Gasteiger partial charge >= 0.3 is 0 Å². The molecule has 1 aromatic heterocycles. The molecule has 3 heteroatoms. The van der Waals surface area contributed by atoms with Crippen LogP contribution in [-0.2, 0) is 6.54 Å². The highest BCUT2D eigenvalue weighted by molar-refractivity contribution is 5.03. The fourth-order valence-electron chi connectivity index (χ4n) is 2.34.